The molecule has 0 saturated carbocycles. The van der Waals surface area contributed by atoms with Gasteiger partial charge in [0.25, 0.3) is 11.8 Å². The van der Waals surface area contributed by atoms with Gasteiger partial charge in [-0.25, -0.2) is 9.18 Å². The lowest BCUT2D eigenvalue weighted by Gasteiger charge is -2.32. The zero-order valence-corrected chi connectivity index (χ0v) is 13.8. The summed E-state index contributed by atoms with van der Waals surface area (Å²) in [5, 5.41) is 6.91. The Morgan fingerprint density at radius 1 is 0.962 bits per heavy atom. The minimum atomic E-state index is -1.61. The number of ether oxygens (including phenoxy) is 1. The summed E-state index contributed by atoms with van der Waals surface area (Å²) in [5.74, 6) is -1.21. The van der Waals surface area contributed by atoms with E-state index in [1.54, 1.807) is 36.4 Å². The number of amides is 4. The predicted octanol–water partition coefficient (Wildman–Crippen LogP) is 1.94. The first-order valence-electron chi connectivity index (χ1n) is 7.79. The summed E-state index contributed by atoms with van der Waals surface area (Å²) >= 11 is 0. The van der Waals surface area contributed by atoms with Gasteiger partial charge >= 0.3 is 6.03 Å². The maximum absolute atomic E-state index is 12.9. The van der Waals surface area contributed by atoms with Crippen LogP contribution >= 0.6 is 0 Å². The number of rotatable bonds is 5. The summed E-state index contributed by atoms with van der Waals surface area (Å²) in [6.07, 6.45) is 0. The lowest BCUT2D eigenvalue weighted by molar-refractivity contribution is -0.135. The molecule has 0 atom stereocenters. The van der Waals surface area contributed by atoms with Gasteiger partial charge in [-0.1, -0.05) is 12.1 Å². The topological polar surface area (TPSA) is 96.5 Å². The third-order valence-electron chi connectivity index (χ3n) is 3.93. The van der Waals surface area contributed by atoms with Crippen molar-refractivity contribution in [3.05, 3.63) is 59.9 Å². The molecule has 3 N–H and O–H groups in total. The smallest absolute Gasteiger partial charge is 0.328 e. The van der Waals surface area contributed by atoms with Crippen molar-refractivity contribution >= 4 is 23.5 Å². The molecule has 4 amide bonds. The van der Waals surface area contributed by atoms with Gasteiger partial charge in [-0.3, -0.25) is 20.2 Å². The zero-order valence-electron chi connectivity index (χ0n) is 13.8. The molecule has 3 rings (SSSR count). The van der Waals surface area contributed by atoms with Gasteiger partial charge in [0, 0.05) is 5.69 Å². The Balaban J connectivity index is 1.64. The average molecular weight is 357 g/mol. The van der Waals surface area contributed by atoms with E-state index < -0.39 is 23.4 Å². The Hall–Kier alpha value is -3.42. The molecule has 7 nitrogen and oxygen atoms in total. The molecular formula is C18H16FN3O4. The molecule has 2 aromatic rings. The van der Waals surface area contributed by atoms with E-state index in [2.05, 4.69) is 16.0 Å². The summed E-state index contributed by atoms with van der Waals surface area (Å²) in [6, 6.07) is 11.8. The van der Waals surface area contributed by atoms with Gasteiger partial charge < -0.3 is 10.1 Å². The maximum atomic E-state index is 12.9. The number of halogens is 1. The van der Waals surface area contributed by atoms with Gasteiger partial charge in [-0.15, -0.1) is 0 Å². The van der Waals surface area contributed by atoms with E-state index in [0.717, 1.165) is 5.56 Å². The molecule has 1 saturated heterocycles. The molecule has 1 aliphatic rings. The van der Waals surface area contributed by atoms with Crippen LogP contribution < -0.4 is 20.7 Å². The molecule has 134 valence electrons. The second-order valence-electron chi connectivity index (χ2n) is 5.93. The molecule has 1 fully saturated rings. The number of barbiturate groups is 1. The molecule has 1 aliphatic heterocycles. The van der Waals surface area contributed by atoms with Crippen molar-refractivity contribution in [1.82, 2.24) is 10.6 Å². The fraction of sp³-hybridized carbons (Fsp3) is 0.167. The molecule has 2 aromatic carbocycles. The van der Waals surface area contributed by atoms with Crippen LogP contribution in [-0.4, -0.2) is 23.4 Å². The second kappa shape index (κ2) is 6.83. The van der Waals surface area contributed by atoms with Crippen LogP contribution in [0.2, 0.25) is 0 Å². The first-order valence-corrected chi connectivity index (χ1v) is 7.79. The zero-order chi connectivity index (χ0) is 18.7. The first-order chi connectivity index (χ1) is 12.4. The SMILES string of the molecule is CC1(Nc2ccc(OCc3ccc(F)cc3)cc2)C(=O)NC(=O)NC1=O. The highest BCUT2D eigenvalue weighted by molar-refractivity contribution is 6.23. The van der Waals surface area contributed by atoms with Gasteiger partial charge in [-0.05, 0) is 48.9 Å². The average Bonchev–Trinajstić information content (AvgIpc) is 2.61. The Labute approximate surface area is 148 Å². The molecule has 1 heterocycles. The third-order valence-corrected chi connectivity index (χ3v) is 3.93. The van der Waals surface area contributed by atoms with E-state index in [0.29, 0.717) is 11.4 Å². The van der Waals surface area contributed by atoms with Crippen molar-refractivity contribution in [3.8, 4) is 5.75 Å². The van der Waals surface area contributed by atoms with Crippen LogP contribution in [0.1, 0.15) is 12.5 Å². The van der Waals surface area contributed by atoms with Crippen LogP contribution in [0.25, 0.3) is 0 Å². The van der Waals surface area contributed by atoms with Crippen molar-refractivity contribution in [2.75, 3.05) is 5.32 Å². The number of anilines is 1. The lowest BCUT2D eigenvalue weighted by Crippen LogP contribution is -2.68. The quantitative estimate of drug-likeness (QED) is 0.711. The van der Waals surface area contributed by atoms with E-state index in [9.17, 15) is 18.8 Å². The highest BCUT2D eigenvalue weighted by atomic mass is 19.1. The van der Waals surface area contributed by atoms with Crippen molar-refractivity contribution in [3.63, 3.8) is 0 Å². The highest BCUT2D eigenvalue weighted by Gasteiger charge is 2.46. The van der Waals surface area contributed by atoms with E-state index >= 15 is 0 Å². The largest absolute Gasteiger partial charge is 0.489 e. The summed E-state index contributed by atoms with van der Waals surface area (Å²) in [5.41, 5.74) is -0.285. The third kappa shape index (κ3) is 3.64. The monoisotopic (exact) mass is 357 g/mol. The molecule has 8 heteroatoms. The van der Waals surface area contributed by atoms with Gasteiger partial charge in [0.15, 0.2) is 5.54 Å². The summed E-state index contributed by atoms with van der Waals surface area (Å²) in [7, 11) is 0. The second-order valence-corrected chi connectivity index (χ2v) is 5.93. The number of carbonyl (C=O) groups is 3. The summed E-state index contributed by atoms with van der Waals surface area (Å²) < 4.78 is 18.5. The van der Waals surface area contributed by atoms with E-state index in [-0.39, 0.29) is 12.4 Å². The van der Waals surface area contributed by atoms with Crippen molar-refractivity contribution in [2.24, 2.45) is 0 Å². The highest BCUT2D eigenvalue weighted by Crippen LogP contribution is 2.22. The van der Waals surface area contributed by atoms with Crippen LogP contribution in [0.3, 0.4) is 0 Å². The minimum Gasteiger partial charge on any atom is -0.489 e. The molecule has 0 radical (unpaired) electrons. The number of imide groups is 2. The maximum Gasteiger partial charge on any atom is 0.328 e. The Morgan fingerprint density at radius 2 is 1.54 bits per heavy atom. The molecule has 0 aliphatic carbocycles. The lowest BCUT2D eigenvalue weighted by atomic mass is 9.97. The van der Waals surface area contributed by atoms with Crippen molar-refractivity contribution < 1.29 is 23.5 Å². The molecule has 0 bridgehead atoms. The van der Waals surface area contributed by atoms with E-state index in [4.69, 9.17) is 4.74 Å². The standard InChI is InChI=1S/C18H16FN3O4/c1-18(15(23)20-17(25)21-16(18)24)22-13-6-8-14(9-7-13)26-10-11-2-4-12(19)5-3-11/h2-9,22H,10H2,1H3,(H2,20,21,23,24,25). The number of hydrogen-bond donors (Lipinski definition) is 3. The molecule has 0 aromatic heterocycles. The number of urea groups is 1. The fourth-order valence-electron chi connectivity index (χ4n) is 2.37. The Kier molecular flexibility index (Phi) is 4.57. The normalized spacial score (nSPS) is 15.8. The predicted molar refractivity (Wildman–Crippen MR) is 90.9 cm³/mol. The first kappa shape index (κ1) is 17.4. The molecule has 0 unspecified atom stereocenters. The van der Waals surface area contributed by atoms with E-state index in [1.165, 1.54) is 19.1 Å². The fourth-order valence-corrected chi connectivity index (χ4v) is 2.37. The number of carbonyl (C=O) groups excluding carboxylic acids is 3. The summed E-state index contributed by atoms with van der Waals surface area (Å²) in [6.45, 7) is 1.65. The van der Waals surface area contributed by atoms with Crippen LogP contribution in [0, 0.1) is 5.82 Å². The van der Waals surface area contributed by atoms with Crippen LogP contribution in [0.5, 0.6) is 5.75 Å². The number of hydrogen-bond acceptors (Lipinski definition) is 5. The number of nitrogens with one attached hydrogen (secondary N) is 3. The van der Waals surface area contributed by atoms with Crippen LogP contribution in [0.4, 0.5) is 14.9 Å². The van der Waals surface area contributed by atoms with Crippen LogP contribution in [0.15, 0.2) is 48.5 Å². The molecule has 26 heavy (non-hydrogen) atoms. The molecular weight excluding hydrogens is 341 g/mol. The van der Waals surface area contributed by atoms with Crippen LogP contribution in [-0.2, 0) is 16.2 Å². The molecule has 0 spiro atoms. The Morgan fingerprint density at radius 3 is 2.12 bits per heavy atom. The van der Waals surface area contributed by atoms with Gasteiger partial charge in [0.2, 0.25) is 0 Å². The number of benzene rings is 2. The Bertz CT molecular complexity index is 830. The van der Waals surface area contributed by atoms with Crippen molar-refractivity contribution in [1.29, 1.82) is 0 Å². The minimum absolute atomic E-state index is 0.275. The summed E-state index contributed by atoms with van der Waals surface area (Å²) in [4.78, 5) is 35.1. The van der Waals surface area contributed by atoms with E-state index in [1.807, 2.05) is 0 Å². The van der Waals surface area contributed by atoms with Gasteiger partial charge in [-0.2, -0.15) is 0 Å². The van der Waals surface area contributed by atoms with Crippen molar-refractivity contribution in [2.45, 2.75) is 19.1 Å². The van der Waals surface area contributed by atoms with Gasteiger partial charge in [0.1, 0.15) is 18.2 Å². The van der Waals surface area contributed by atoms with Gasteiger partial charge in [0.05, 0.1) is 0 Å².